The maximum absolute atomic E-state index is 14.5. The van der Waals surface area contributed by atoms with Gasteiger partial charge in [0.2, 0.25) is 59.1 Å². The zero-order chi connectivity index (χ0) is 56.4. The zero-order valence-corrected chi connectivity index (χ0v) is 44.3. The van der Waals surface area contributed by atoms with Crippen LogP contribution in [0.1, 0.15) is 105 Å². The van der Waals surface area contributed by atoms with Crippen LogP contribution in [0.2, 0.25) is 0 Å². The van der Waals surface area contributed by atoms with Crippen molar-refractivity contribution in [2.45, 2.75) is 161 Å². The quantitative estimate of drug-likeness (QED) is 0.0349. The summed E-state index contributed by atoms with van der Waals surface area (Å²) in [6.45, 7) is 11.7. The number of hydrogen-bond donors (Lipinski definition) is 13. The first-order valence-corrected chi connectivity index (χ1v) is 25.6. The Hall–Kier alpha value is -6.98. The second-order valence-electron chi connectivity index (χ2n) is 19.8. The van der Waals surface area contributed by atoms with Crippen LogP contribution in [-0.4, -0.2) is 132 Å². The van der Waals surface area contributed by atoms with E-state index in [4.69, 9.17) is 22.9 Å². The molecule has 2 rings (SSSR count). The first-order chi connectivity index (χ1) is 35.4. The molecule has 2 aromatic rings. The van der Waals surface area contributed by atoms with Crippen molar-refractivity contribution >= 4 is 59.1 Å². The highest BCUT2D eigenvalue weighted by Crippen LogP contribution is 2.14. The molecule has 23 nitrogen and oxygen atoms in total. The van der Waals surface area contributed by atoms with E-state index in [2.05, 4.69) is 42.5 Å². The lowest BCUT2D eigenvalue weighted by Gasteiger charge is -2.29. The molecule has 0 unspecified atom stereocenters. The number of amides is 10. The number of nitrogens with one attached hydrogen (secondary N) is 8. The maximum Gasteiger partial charge on any atom is 0.243 e. The van der Waals surface area contributed by atoms with Gasteiger partial charge in [-0.3, -0.25) is 47.9 Å². The molecular formula is C52H82N12O11. The van der Waals surface area contributed by atoms with Gasteiger partial charge in [-0.2, -0.15) is 0 Å². The van der Waals surface area contributed by atoms with Crippen molar-refractivity contribution in [1.82, 2.24) is 42.5 Å². The molecule has 10 amide bonds. The van der Waals surface area contributed by atoms with E-state index in [9.17, 15) is 53.1 Å². The van der Waals surface area contributed by atoms with Gasteiger partial charge < -0.3 is 70.6 Å². The normalized spacial score (nSPS) is 15.2. The summed E-state index contributed by atoms with van der Waals surface area (Å²) in [4.78, 5) is 134. The average Bonchev–Trinajstić information content (AvgIpc) is 3.35. The number of rotatable bonds is 34. The smallest absolute Gasteiger partial charge is 0.243 e. The van der Waals surface area contributed by atoms with Gasteiger partial charge in [0.25, 0.3) is 0 Å². The van der Waals surface area contributed by atoms with Gasteiger partial charge in [0.1, 0.15) is 48.3 Å². The van der Waals surface area contributed by atoms with Gasteiger partial charge in [0, 0.05) is 12.8 Å². The predicted molar refractivity (Wildman–Crippen MR) is 281 cm³/mol. The molecule has 10 atom stereocenters. The minimum absolute atomic E-state index is 0.0451. The van der Waals surface area contributed by atoms with Crippen LogP contribution in [0.15, 0.2) is 60.7 Å². The Morgan fingerprint density at radius 2 is 0.920 bits per heavy atom. The van der Waals surface area contributed by atoms with Gasteiger partial charge in [-0.15, -0.1) is 0 Å². The van der Waals surface area contributed by atoms with Gasteiger partial charge in [0.15, 0.2) is 0 Å². The van der Waals surface area contributed by atoms with E-state index >= 15 is 0 Å². The molecular weight excluding hydrogens is 969 g/mol. The van der Waals surface area contributed by atoms with Crippen molar-refractivity contribution in [3.8, 4) is 0 Å². The van der Waals surface area contributed by atoms with E-state index in [1.54, 1.807) is 74.5 Å². The van der Waals surface area contributed by atoms with Crippen molar-refractivity contribution in [3.63, 3.8) is 0 Å². The van der Waals surface area contributed by atoms with Crippen LogP contribution in [0, 0.1) is 17.8 Å². The Kier molecular flexibility index (Phi) is 28.3. The molecule has 23 heteroatoms. The fourth-order valence-corrected chi connectivity index (χ4v) is 7.79. The molecule has 0 heterocycles. The molecule has 75 heavy (non-hydrogen) atoms. The standard InChI is InChI=1S/C52H82N12O11/c1-8-31(6)43(52(75)63-41(28-65)44(56)67)64-51(74)38(24-30(4)5)59-45(68)32(7)57-48(71)37(23-29(2)3)60-49(72)40(26-34-19-13-10-14-20-34)62-50(73)39(25-33-17-11-9-12-18-33)61-47(70)36(21-15-16-22-53)58-46(69)35(54)27-42(55)66/h9-14,17-20,29-32,35-41,43,65H,8,15-16,21-28,53-54H2,1-7H3,(H2,55,66)(H2,56,67)(H,57,71)(H,58,69)(H,59,68)(H,60,72)(H,61,70)(H,62,73)(H,63,75)(H,64,74)/t31-,32-,35-,36-,37-,38-,39-,40-,41-,43-/m0/s1. The second-order valence-corrected chi connectivity index (χ2v) is 19.8. The van der Waals surface area contributed by atoms with E-state index < -0.39 is 132 Å². The van der Waals surface area contributed by atoms with E-state index in [0.29, 0.717) is 36.9 Å². The van der Waals surface area contributed by atoms with Crippen LogP contribution in [0.4, 0.5) is 0 Å². The molecule has 0 aromatic heterocycles. The largest absolute Gasteiger partial charge is 0.394 e. The average molecular weight is 1050 g/mol. The molecule has 0 saturated heterocycles. The number of nitrogens with two attached hydrogens (primary N) is 4. The summed E-state index contributed by atoms with van der Waals surface area (Å²) in [5, 5.41) is 30.7. The van der Waals surface area contributed by atoms with Crippen molar-refractivity contribution in [1.29, 1.82) is 0 Å². The Morgan fingerprint density at radius 3 is 1.35 bits per heavy atom. The number of carbonyl (C=O) groups excluding carboxylic acids is 10. The third-order valence-electron chi connectivity index (χ3n) is 12.2. The third-order valence-corrected chi connectivity index (χ3v) is 12.2. The van der Waals surface area contributed by atoms with Crippen LogP contribution >= 0.6 is 0 Å². The Balaban J connectivity index is 2.43. The highest BCUT2D eigenvalue weighted by Gasteiger charge is 2.36. The molecule has 0 aliphatic carbocycles. The van der Waals surface area contributed by atoms with Crippen LogP contribution in [-0.2, 0) is 60.8 Å². The molecule has 0 radical (unpaired) electrons. The molecule has 416 valence electrons. The fourth-order valence-electron chi connectivity index (χ4n) is 7.79. The number of benzene rings is 2. The topological polar surface area (TPSA) is 391 Å². The molecule has 17 N–H and O–H groups in total. The van der Waals surface area contributed by atoms with Gasteiger partial charge in [0.05, 0.1) is 19.1 Å². The Labute approximate surface area is 439 Å². The van der Waals surface area contributed by atoms with E-state index in [-0.39, 0.29) is 43.9 Å². The number of carbonyl (C=O) groups is 10. The molecule has 0 saturated carbocycles. The number of primary amides is 2. The molecule has 0 aliphatic rings. The summed E-state index contributed by atoms with van der Waals surface area (Å²) in [7, 11) is 0. The van der Waals surface area contributed by atoms with Gasteiger partial charge in [-0.1, -0.05) is 109 Å². The van der Waals surface area contributed by atoms with Crippen LogP contribution < -0.4 is 65.5 Å². The highest BCUT2D eigenvalue weighted by molar-refractivity contribution is 5.98. The summed E-state index contributed by atoms with van der Waals surface area (Å²) in [6.07, 6.45) is 1.11. The molecule has 2 aromatic carbocycles. The number of aliphatic hydroxyl groups is 1. The summed E-state index contributed by atoms with van der Waals surface area (Å²) < 4.78 is 0. The monoisotopic (exact) mass is 1050 g/mol. The lowest BCUT2D eigenvalue weighted by atomic mass is 9.96. The Bertz CT molecular complexity index is 2200. The molecule has 0 spiro atoms. The van der Waals surface area contributed by atoms with Gasteiger partial charge in [-0.25, -0.2) is 0 Å². The van der Waals surface area contributed by atoms with E-state index in [0.717, 1.165) is 0 Å². The molecule has 0 aliphatic heterocycles. The van der Waals surface area contributed by atoms with Crippen LogP contribution in [0.3, 0.4) is 0 Å². The molecule has 0 bridgehead atoms. The zero-order valence-electron chi connectivity index (χ0n) is 44.3. The minimum Gasteiger partial charge on any atom is -0.394 e. The van der Waals surface area contributed by atoms with Crippen molar-refractivity contribution in [3.05, 3.63) is 71.8 Å². The van der Waals surface area contributed by atoms with Crippen molar-refractivity contribution in [2.75, 3.05) is 13.2 Å². The van der Waals surface area contributed by atoms with Gasteiger partial charge in [-0.05, 0) is 74.5 Å². The first-order valence-electron chi connectivity index (χ1n) is 25.6. The lowest BCUT2D eigenvalue weighted by molar-refractivity contribution is -0.136. The number of hydrogen-bond acceptors (Lipinski definition) is 13. The summed E-state index contributed by atoms with van der Waals surface area (Å²) in [5.74, 6) is -8.62. The minimum atomic E-state index is -1.39. The van der Waals surface area contributed by atoms with Crippen LogP contribution in [0.5, 0.6) is 0 Å². The van der Waals surface area contributed by atoms with E-state index in [1.807, 2.05) is 27.7 Å². The van der Waals surface area contributed by atoms with E-state index in [1.165, 1.54) is 6.92 Å². The second kappa shape index (κ2) is 33.0. The van der Waals surface area contributed by atoms with Crippen LogP contribution in [0.25, 0.3) is 0 Å². The SMILES string of the molecule is CC[C@H](C)[C@H](NC(=O)[C@H](CC(C)C)NC(=O)[C@H](C)NC(=O)[C@H](CC(C)C)NC(=O)[C@H](Cc1ccccc1)NC(=O)[C@H](Cc1ccccc1)NC(=O)[C@H](CCCCN)NC(=O)[C@@H](N)CC(N)=O)C(=O)N[C@@H](CO)C(N)=O. The Morgan fingerprint density at radius 1 is 0.507 bits per heavy atom. The summed E-state index contributed by atoms with van der Waals surface area (Å²) >= 11 is 0. The highest BCUT2D eigenvalue weighted by atomic mass is 16.3. The third kappa shape index (κ3) is 23.4. The van der Waals surface area contributed by atoms with Crippen molar-refractivity contribution < 1.29 is 53.1 Å². The number of aliphatic hydroxyl groups excluding tert-OH is 1. The van der Waals surface area contributed by atoms with Gasteiger partial charge >= 0.3 is 0 Å². The maximum atomic E-state index is 14.5. The van der Waals surface area contributed by atoms with Crippen molar-refractivity contribution in [2.24, 2.45) is 40.7 Å². The molecule has 0 fully saturated rings. The lowest BCUT2D eigenvalue weighted by Crippen LogP contribution is -2.61. The fraction of sp³-hybridized carbons (Fsp3) is 0.577. The first kappa shape index (κ1) is 64.1. The summed E-state index contributed by atoms with van der Waals surface area (Å²) in [5.41, 5.74) is 23.4. The predicted octanol–water partition coefficient (Wildman–Crippen LogP) is -1.68. The number of unbranched alkanes of at least 4 members (excludes halogenated alkanes) is 1. The summed E-state index contributed by atoms with van der Waals surface area (Å²) in [6, 6.07) is 6.08.